The molecule has 0 radical (unpaired) electrons. The third kappa shape index (κ3) is 4.59. The molecule has 0 saturated carbocycles. The van der Waals surface area contributed by atoms with Crippen LogP contribution in [0, 0.1) is 5.92 Å². The third-order valence-electron chi connectivity index (χ3n) is 3.54. The highest BCUT2D eigenvalue weighted by Crippen LogP contribution is 2.38. The fourth-order valence-electron chi connectivity index (χ4n) is 2.30. The van der Waals surface area contributed by atoms with Crippen LogP contribution >= 0.6 is 39.0 Å². The summed E-state index contributed by atoms with van der Waals surface area (Å²) < 4.78 is 1.04. The van der Waals surface area contributed by atoms with Crippen LogP contribution in [-0.2, 0) is 4.79 Å². The first-order chi connectivity index (χ1) is 12.0. The Morgan fingerprint density at radius 2 is 2.04 bits per heavy atom. The smallest absolute Gasteiger partial charge is 0.230 e. The number of rotatable bonds is 6. The van der Waals surface area contributed by atoms with E-state index in [1.807, 2.05) is 12.1 Å². The van der Waals surface area contributed by atoms with Crippen molar-refractivity contribution < 1.29 is 4.79 Å². The van der Waals surface area contributed by atoms with Gasteiger partial charge >= 0.3 is 0 Å². The largest absolute Gasteiger partial charge is 0.355 e. The van der Waals surface area contributed by atoms with Crippen molar-refractivity contribution in [2.75, 3.05) is 12.3 Å². The molecule has 7 heteroatoms. The Morgan fingerprint density at radius 3 is 2.76 bits per heavy atom. The van der Waals surface area contributed by atoms with Crippen molar-refractivity contribution in [3.05, 3.63) is 40.4 Å². The average Bonchev–Trinajstić information content (AvgIpc) is 3.03. The normalized spacial score (nSPS) is 11.2. The van der Waals surface area contributed by atoms with E-state index in [4.69, 9.17) is 0 Å². The number of hydrogen-bond donors (Lipinski definition) is 1. The number of nitrogens with one attached hydrogen (secondary N) is 1. The Morgan fingerprint density at radius 1 is 1.28 bits per heavy atom. The Bertz CT molecular complexity index is 878. The number of nitrogens with zero attached hydrogens (tertiary/aromatic N) is 2. The van der Waals surface area contributed by atoms with Crippen molar-refractivity contribution in [2.24, 2.45) is 5.92 Å². The molecule has 0 aliphatic heterocycles. The summed E-state index contributed by atoms with van der Waals surface area (Å²) in [6.45, 7) is 4.86. The van der Waals surface area contributed by atoms with E-state index in [9.17, 15) is 4.79 Å². The Labute approximate surface area is 163 Å². The number of hydrogen-bond acceptors (Lipinski definition) is 5. The quantitative estimate of drug-likeness (QED) is 0.437. The van der Waals surface area contributed by atoms with Gasteiger partial charge in [0.15, 0.2) is 0 Å². The van der Waals surface area contributed by atoms with E-state index in [0.29, 0.717) is 18.2 Å². The van der Waals surface area contributed by atoms with Gasteiger partial charge in [-0.2, -0.15) is 0 Å². The highest BCUT2D eigenvalue weighted by atomic mass is 79.9. The summed E-state index contributed by atoms with van der Waals surface area (Å²) in [4.78, 5) is 21.7. The van der Waals surface area contributed by atoms with Crippen molar-refractivity contribution in [3.8, 4) is 11.1 Å². The maximum atomic E-state index is 12.0. The second-order valence-corrected chi connectivity index (χ2v) is 8.74. The van der Waals surface area contributed by atoms with Crippen LogP contribution in [0.3, 0.4) is 0 Å². The molecule has 1 amide bonds. The molecule has 0 saturated heterocycles. The Kier molecular flexibility index (Phi) is 6.09. The lowest BCUT2D eigenvalue weighted by Crippen LogP contribution is -2.28. The van der Waals surface area contributed by atoms with Gasteiger partial charge in [0.1, 0.15) is 16.2 Å². The monoisotopic (exact) mass is 435 g/mol. The van der Waals surface area contributed by atoms with Gasteiger partial charge in [-0.1, -0.05) is 53.7 Å². The van der Waals surface area contributed by atoms with Gasteiger partial charge in [0, 0.05) is 22.0 Å². The van der Waals surface area contributed by atoms with Crippen molar-refractivity contribution in [1.29, 1.82) is 0 Å². The summed E-state index contributed by atoms with van der Waals surface area (Å²) in [6.07, 6.45) is 1.57. The van der Waals surface area contributed by atoms with Crippen LogP contribution in [0.15, 0.2) is 45.5 Å². The van der Waals surface area contributed by atoms with E-state index < -0.39 is 0 Å². The van der Waals surface area contributed by atoms with E-state index in [1.165, 1.54) is 11.8 Å². The molecule has 0 aliphatic carbocycles. The molecular weight excluding hydrogens is 418 g/mol. The van der Waals surface area contributed by atoms with Gasteiger partial charge in [-0.15, -0.1) is 11.3 Å². The molecule has 25 heavy (non-hydrogen) atoms. The molecule has 2 aromatic heterocycles. The van der Waals surface area contributed by atoms with Gasteiger partial charge in [0.05, 0.1) is 11.1 Å². The van der Waals surface area contributed by atoms with Crippen LogP contribution < -0.4 is 5.32 Å². The number of halogens is 1. The Hall–Kier alpha value is -1.44. The fourth-order valence-corrected chi connectivity index (χ4v) is 4.39. The number of fused-ring (bicyclic) bond motifs is 1. The summed E-state index contributed by atoms with van der Waals surface area (Å²) in [7, 11) is 0. The molecule has 4 nitrogen and oxygen atoms in total. The Balaban J connectivity index is 1.85. The average molecular weight is 436 g/mol. The van der Waals surface area contributed by atoms with E-state index in [1.54, 1.807) is 17.7 Å². The maximum absolute atomic E-state index is 12.0. The zero-order valence-electron chi connectivity index (χ0n) is 14.0. The summed E-state index contributed by atoms with van der Waals surface area (Å²) in [5, 5.41) is 6.92. The minimum absolute atomic E-state index is 0.0332. The highest BCUT2D eigenvalue weighted by Gasteiger charge is 2.14. The van der Waals surface area contributed by atoms with E-state index in [-0.39, 0.29) is 5.91 Å². The number of carbonyl (C=O) groups is 1. The first-order valence-corrected chi connectivity index (χ1v) is 10.6. The first kappa shape index (κ1) is 18.4. The lowest BCUT2D eigenvalue weighted by Gasteiger charge is -2.08. The van der Waals surface area contributed by atoms with Crippen LogP contribution in [-0.4, -0.2) is 28.2 Å². The molecular formula is C18H18BrN3OS2. The van der Waals surface area contributed by atoms with Gasteiger partial charge < -0.3 is 5.32 Å². The lowest BCUT2D eigenvalue weighted by atomic mass is 10.1. The zero-order valence-corrected chi connectivity index (χ0v) is 17.2. The van der Waals surface area contributed by atoms with E-state index in [0.717, 1.165) is 30.8 Å². The lowest BCUT2D eigenvalue weighted by molar-refractivity contribution is -0.118. The van der Waals surface area contributed by atoms with Crippen LogP contribution in [0.25, 0.3) is 21.3 Å². The van der Waals surface area contributed by atoms with E-state index >= 15 is 0 Å². The number of aromatic nitrogens is 2. The summed E-state index contributed by atoms with van der Waals surface area (Å²) in [5.74, 6) is 0.834. The standard InChI is InChI=1S/C18H18BrN3OS2/c1-11(2)7-20-15(23)9-25-18-16-14(8-24-17(16)21-10-22-18)12-3-5-13(19)6-4-12/h3-6,8,10-11H,7,9H2,1-2H3,(H,20,23). The topological polar surface area (TPSA) is 54.9 Å². The molecule has 1 aromatic carbocycles. The van der Waals surface area contributed by atoms with E-state index in [2.05, 4.69) is 62.6 Å². The molecule has 1 N–H and O–H groups in total. The summed E-state index contributed by atoms with van der Waals surface area (Å²) in [5.41, 5.74) is 2.23. The minimum Gasteiger partial charge on any atom is -0.355 e. The molecule has 0 spiro atoms. The van der Waals surface area contributed by atoms with Gasteiger partial charge in [-0.05, 0) is 23.6 Å². The number of thioether (sulfide) groups is 1. The SMILES string of the molecule is CC(C)CNC(=O)CSc1ncnc2scc(-c3ccc(Br)cc3)c12. The predicted molar refractivity (Wildman–Crippen MR) is 109 cm³/mol. The maximum Gasteiger partial charge on any atom is 0.230 e. The summed E-state index contributed by atoms with van der Waals surface area (Å²) in [6, 6.07) is 8.19. The molecule has 3 aromatic rings. The number of amides is 1. The van der Waals surface area contributed by atoms with Crippen molar-refractivity contribution in [1.82, 2.24) is 15.3 Å². The molecule has 130 valence electrons. The second-order valence-electron chi connectivity index (χ2n) is 6.00. The number of thiophene rings is 1. The molecule has 3 rings (SSSR count). The molecule has 0 fully saturated rings. The number of benzene rings is 1. The fraction of sp³-hybridized carbons (Fsp3) is 0.278. The highest BCUT2D eigenvalue weighted by molar-refractivity contribution is 9.10. The van der Waals surface area contributed by atoms with Crippen molar-refractivity contribution in [2.45, 2.75) is 18.9 Å². The molecule has 0 aliphatic rings. The second kappa shape index (κ2) is 8.29. The zero-order chi connectivity index (χ0) is 17.8. The molecule has 0 unspecified atom stereocenters. The van der Waals surface area contributed by atoms with Crippen molar-refractivity contribution in [3.63, 3.8) is 0 Å². The van der Waals surface area contributed by atoms with Crippen LogP contribution in [0.4, 0.5) is 0 Å². The molecule has 2 heterocycles. The predicted octanol–water partition coefficient (Wildman–Crippen LogP) is 4.99. The van der Waals surface area contributed by atoms with Gasteiger partial charge in [0.25, 0.3) is 0 Å². The molecule has 0 atom stereocenters. The van der Waals surface area contributed by atoms with Gasteiger partial charge in [0.2, 0.25) is 5.91 Å². The van der Waals surface area contributed by atoms with Crippen LogP contribution in [0.1, 0.15) is 13.8 Å². The number of carbonyl (C=O) groups excluding carboxylic acids is 1. The molecule has 0 bridgehead atoms. The van der Waals surface area contributed by atoms with Crippen LogP contribution in [0.2, 0.25) is 0 Å². The van der Waals surface area contributed by atoms with Gasteiger partial charge in [-0.25, -0.2) is 9.97 Å². The van der Waals surface area contributed by atoms with Gasteiger partial charge in [-0.3, -0.25) is 4.79 Å². The minimum atomic E-state index is 0.0332. The van der Waals surface area contributed by atoms with Crippen LogP contribution in [0.5, 0.6) is 0 Å². The first-order valence-electron chi connectivity index (χ1n) is 7.92. The summed E-state index contributed by atoms with van der Waals surface area (Å²) >= 11 is 6.53. The third-order valence-corrected chi connectivity index (χ3v) is 5.94. The van der Waals surface area contributed by atoms with Crippen molar-refractivity contribution >= 4 is 55.2 Å².